The molecule has 0 bridgehead atoms. The molecule has 2 aromatic rings. The largest absolute Gasteiger partial charge is 0.482 e. The molecule has 0 unspecified atom stereocenters. The summed E-state index contributed by atoms with van der Waals surface area (Å²) in [5.41, 5.74) is 1.00. The number of benzene rings is 2. The van der Waals surface area contributed by atoms with Gasteiger partial charge in [-0.1, -0.05) is 64.8 Å². The summed E-state index contributed by atoms with van der Waals surface area (Å²) in [5.74, 6) is 0.899. The van der Waals surface area contributed by atoms with Crippen molar-refractivity contribution in [3.8, 4) is 5.75 Å². The van der Waals surface area contributed by atoms with E-state index >= 15 is 0 Å². The molecule has 3 rings (SSSR count). The van der Waals surface area contributed by atoms with Crippen molar-refractivity contribution >= 4 is 57.6 Å². The number of ether oxygens (including phenoxy) is 1. The molecular formula is C18H15Cl3N2O2S. The highest BCUT2D eigenvalue weighted by molar-refractivity contribution is 8.13. The maximum Gasteiger partial charge on any atom is 0.266 e. The van der Waals surface area contributed by atoms with Crippen LogP contribution in [0.3, 0.4) is 0 Å². The second-order valence-corrected chi connectivity index (χ2v) is 7.65. The van der Waals surface area contributed by atoms with E-state index in [1.165, 1.54) is 11.8 Å². The lowest BCUT2D eigenvalue weighted by molar-refractivity contribution is -0.128. The van der Waals surface area contributed by atoms with Crippen LogP contribution in [0.4, 0.5) is 0 Å². The van der Waals surface area contributed by atoms with E-state index in [1.54, 1.807) is 23.1 Å². The number of halogens is 3. The van der Waals surface area contributed by atoms with Gasteiger partial charge in [-0.3, -0.25) is 14.7 Å². The highest BCUT2D eigenvalue weighted by Crippen LogP contribution is 2.28. The van der Waals surface area contributed by atoms with Crippen molar-refractivity contribution < 1.29 is 9.53 Å². The van der Waals surface area contributed by atoms with Gasteiger partial charge in [0, 0.05) is 22.3 Å². The van der Waals surface area contributed by atoms with E-state index in [2.05, 4.69) is 4.99 Å². The van der Waals surface area contributed by atoms with Gasteiger partial charge in [0.2, 0.25) is 0 Å². The molecule has 4 nitrogen and oxygen atoms in total. The topological polar surface area (TPSA) is 41.9 Å². The van der Waals surface area contributed by atoms with E-state index in [9.17, 15) is 4.79 Å². The highest BCUT2D eigenvalue weighted by Gasteiger charge is 2.24. The fourth-order valence-electron chi connectivity index (χ4n) is 2.35. The zero-order valence-corrected chi connectivity index (χ0v) is 16.7. The lowest BCUT2D eigenvalue weighted by Crippen LogP contribution is -2.36. The van der Waals surface area contributed by atoms with Crippen molar-refractivity contribution in [2.75, 3.05) is 19.7 Å². The van der Waals surface area contributed by atoms with Crippen molar-refractivity contribution in [3.63, 3.8) is 0 Å². The number of amidine groups is 1. The molecule has 2 aromatic carbocycles. The van der Waals surface area contributed by atoms with E-state index in [0.717, 1.165) is 5.56 Å². The summed E-state index contributed by atoms with van der Waals surface area (Å²) in [6.07, 6.45) is 0. The van der Waals surface area contributed by atoms with Crippen LogP contribution in [0.5, 0.6) is 5.75 Å². The van der Waals surface area contributed by atoms with Crippen LogP contribution in [-0.2, 0) is 10.5 Å². The standard InChI is InChI=1S/C18H15Cl3N2O2S/c19-13-5-6-16(15(21)9-13)25-10-17(24)23-8-7-22-18(23)26-11-12-3-1-2-4-14(12)20/h1-6,9H,7-8,10-11H2. The first kappa shape index (κ1) is 19.4. The van der Waals surface area contributed by atoms with Gasteiger partial charge in [-0.05, 0) is 29.8 Å². The molecule has 1 heterocycles. The monoisotopic (exact) mass is 428 g/mol. The molecular weight excluding hydrogens is 415 g/mol. The summed E-state index contributed by atoms with van der Waals surface area (Å²) in [7, 11) is 0. The molecule has 0 atom stereocenters. The lowest BCUT2D eigenvalue weighted by Gasteiger charge is -2.18. The third-order valence-electron chi connectivity index (χ3n) is 3.66. The van der Waals surface area contributed by atoms with Crippen LogP contribution >= 0.6 is 46.6 Å². The van der Waals surface area contributed by atoms with Gasteiger partial charge in [-0.2, -0.15) is 0 Å². The van der Waals surface area contributed by atoms with Gasteiger partial charge in [0.05, 0.1) is 11.6 Å². The summed E-state index contributed by atoms with van der Waals surface area (Å²) in [4.78, 5) is 18.5. The number of hydrogen-bond donors (Lipinski definition) is 0. The maximum atomic E-state index is 12.5. The number of amides is 1. The Morgan fingerprint density at radius 1 is 1.15 bits per heavy atom. The fourth-order valence-corrected chi connectivity index (χ4v) is 4.16. The minimum atomic E-state index is -0.168. The summed E-state index contributed by atoms with van der Waals surface area (Å²) >= 11 is 19.6. The number of thioether (sulfide) groups is 1. The van der Waals surface area contributed by atoms with Gasteiger partial charge >= 0.3 is 0 Å². The molecule has 0 saturated heterocycles. The van der Waals surface area contributed by atoms with Gasteiger partial charge in [0.1, 0.15) is 5.75 Å². The smallest absolute Gasteiger partial charge is 0.266 e. The molecule has 0 aliphatic carbocycles. The maximum absolute atomic E-state index is 12.5. The van der Waals surface area contributed by atoms with Crippen molar-refractivity contribution in [1.82, 2.24) is 4.90 Å². The van der Waals surface area contributed by atoms with E-state index in [4.69, 9.17) is 39.5 Å². The second kappa shape index (κ2) is 9.00. The van der Waals surface area contributed by atoms with Gasteiger partial charge in [0.15, 0.2) is 11.8 Å². The van der Waals surface area contributed by atoms with Gasteiger partial charge in [-0.15, -0.1) is 0 Å². The molecule has 0 radical (unpaired) electrons. The first-order valence-corrected chi connectivity index (χ1v) is 9.95. The van der Waals surface area contributed by atoms with Crippen LogP contribution in [0.25, 0.3) is 0 Å². The number of carbonyl (C=O) groups excluding carboxylic acids is 1. The average molecular weight is 430 g/mol. The summed E-state index contributed by atoms with van der Waals surface area (Å²) in [6, 6.07) is 12.5. The molecule has 8 heteroatoms. The Labute approximate surface area is 171 Å². The molecule has 0 aromatic heterocycles. The molecule has 0 saturated carbocycles. The predicted octanol–water partition coefficient (Wildman–Crippen LogP) is 5.16. The molecule has 1 aliphatic rings. The number of carbonyl (C=O) groups is 1. The molecule has 26 heavy (non-hydrogen) atoms. The second-order valence-electron chi connectivity index (χ2n) is 5.45. The minimum Gasteiger partial charge on any atom is -0.482 e. The van der Waals surface area contributed by atoms with Gasteiger partial charge < -0.3 is 4.74 Å². The van der Waals surface area contributed by atoms with E-state index < -0.39 is 0 Å². The van der Waals surface area contributed by atoms with Crippen LogP contribution in [0.1, 0.15) is 5.56 Å². The van der Waals surface area contributed by atoms with Crippen molar-refractivity contribution in [2.45, 2.75) is 5.75 Å². The van der Waals surface area contributed by atoms with Crippen LogP contribution in [0.2, 0.25) is 15.1 Å². The minimum absolute atomic E-state index is 0.118. The van der Waals surface area contributed by atoms with Crippen LogP contribution in [0.15, 0.2) is 47.5 Å². The molecule has 0 N–H and O–H groups in total. The van der Waals surface area contributed by atoms with Crippen LogP contribution in [-0.4, -0.2) is 35.7 Å². The Balaban J connectivity index is 1.57. The Kier molecular flexibility index (Phi) is 6.70. The predicted molar refractivity (Wildman–Crippen MR) is 109 cm³/mol. The third-order valence-corrected chi connectivity index (χ3v) is 5.62. The Hall–Kier alpha value is -1.40. The molecule has 1 aliphatic heterocycles. The van der Waals surface area contributed by atoms with Crippen molar-refractivity contribution in [2.24, 2.45) is 4.99 Å². The normalized spacial score (nSPS) is 13.7. The Bertz CT molecular complexity index is 845. The zero-order chi connectivity index (χ0) is 18.5. The zero-order valence-electron chi connectivity index (χ0n) is 13.6. The summed E-state index contributed by atoms with van der Waals surface area (Å²) in [6.45, 7) is 1.01. The van der Waals surface area contributed by atoms with E-state index in [1.807, 2.05) is 24.3 Å². The number of aliphatic imine (C=N–C) groups is 1. The molecule has 136 valence electrons. The summed E-state index contributed by atoms with van der Waals surface area (Å²) in [5, 5.41) is 2.27. The summed E-state index contributed by atoms with van der Waals surface area (Å²) < 4.78 is 5.53. The fraction of sp³-hybridized carbons (Fsp3) is 0.222. The first-order valence-electron chi connectivity index (χ1n) is 7.83. The number of nitrogens with zero attached hydrogens (tertiary/aromatic N) is 2. The number of hydrogen-bond acceptors (Lipinski definition) is 4. The SMILES string of the molecule is O=C(COc1ccc(Cl)cc1Cl)N1CCN=C1SCc1ccccc1Cl. The quantitative estimate of drug-likeness (QED) is 0.659. The van der Waals surface area contributed by atoms with E-state index in [0.29, 0.717) is 44.8 Å². The van der Waals surface area contributed by atoms with Crippen LogP contribution in [0, 0.1) is 0 Å². The third kappa shape index (κ3) is 4.86. The molecule has 0 fully saturated rings. The Morgan fingerprint density at radius 3 is 2.73 bits per heavy atom. The van der Waals surface area contributed by atoms with Gasteiger partial charge in [-0.25, -0.2) is 0 Å². The Morgan fingerprint density at radius 2 is 1.96 bits per heavy atom. The average Bonchev–Trinajstić information content (AvgIpc) is 3.09. The highest BCUT2D eigenvalue weighted by atomic mass is 35.5. The lowest BCUT2D eigenvalue weighted by atomic mass is 10.2. The van der Waals surface area contributed by atoms with Crippen molar-refractivity contribution in [3.05, 3.63) is 63.1 Å². The molecule has 1 amide bonds. The van der Waals surface area contributed by atoms with Gasteiger partial charge in [0.25, 0.3) is 5.91 Å². The first-order chi connectivity index (χ1) is 12.5. The van der Waals surface area contributed by atoms with E-state index in [-0.39, 0.29) is 12.5 Å². The molecule has 0 spiro atoms. The van der Waals surface area contributed by atoms with Crippen molar-refractivity contribution in [1.29, 1.82) is 0 Å². The number of rotatable bonds is 5. The van der Waals surface area contributed by atoms with Crippen LogP contribution < -0.4 is 4.74 Å².